The van der Waals surface area contributed by atoms with Gasteiger partial charge in [-0.1, -0.05) is 0 Å². The van der Waals surface area contributed by atoms with Gasteiger partial charge in [0, 0.05) is 39.1 Å². The maximum Gasteiger partial charge on any atom is 0.224 e. The van der Waals surface area contributed by atoms with Crippen molar-refractivity contribution in [2.75, 3.05) is 26.7 Å². The summed E-state index contributed by atoms with van der Waals surface area (Å²) < 4.78 is 0. The first kappa shape index (κ1) is 13.3. The summed E-state index contributed by atoms with van der Waals surface area (Å²) in [6.07, 6.45) is 4.87. The summed E-state index contributed by atoms with van der Waals surface area (Å²) in [5.41, 5.74) is 0. The Bertz CT molecular complexity index is 315. The Kier molecular flexibility index (Phi) is 4.58. The third kappa shape index (κ3) is 3.70. The number of nitrogens with one attached hydrogen (secondary N) is 2. The van der Waals surface area contributed by atoms with Crippen LogP contribution in [0.3, 0.4) is 0 Å². The highest BCUT2D eigenvalue weighted by molar-refractivity contribution is 5.81. The Morgan fingerprint density at radius 1 is 1.28 bits per heavy atom. The second kappa shape index (κ2) is 6.18. The van der Waals surface area contributed by atoms with Gasteiger partial charge in [-0.15, -0.1) is 0 Å². The first-order valence-corrected chi connectivity index (χ1v) is 6.93. The SMILES string of the molecule is CNC(=O)C1CCCN(C(=O)CCNC2CC2)C1. The zero-order valence-electron chi connectivity index (χ0n) is 11.1. The smallest absolute Gasteiger partial charge is 0.224 e. The molecule has 2 rings (SSSR count). The van der Waals surface area contributed by atoms with Crippen LogP contribution in [-0.4, -0.2) is 49.4 Å². The van der Waals surface area contributed by atoms with Gasteiger partial charge >= 0.3 is 0 Å². The largest absolute Gasteiger partial charge is 0.359 e. The molecule has 1 heterocycles. The molecular weight excluding hydrogens is 230 g/mol. The molecule has 0 aromatic heterocycles. The summed E-state index contributed by atoms with van der Waals surface area (Å²) in [4.78, 5) is 25.4. The molecule has 1 aliphatic heterocycles. The van der Waals surface area contributed by atoms with Crippen molar-refractivity contribution in [3.05, 3.63) is 0 Å². The van der Waals surface area contributed by atoms with Crippen LogP contribution in [0.5, 0.6) is 0 Å². The lowest BCUT2D eigenvalue weighted by molar-refractivity contribution is -0.135. The van der Waals surface area contributed by atoms with Crippen molar-refractivity contribution >= 4 is 11.8 Å². The van der Waals surface area contributed by atoms with Gasteiger partial charge in [-0.2, -0.15) is 0 Å². The molecule has 1 saturated heterocycles. The van der Waals surface area contributed by atoms with Crippen LogP contribution in [-0.2, 0) is 9.59 Å². The topological polar surface area (TPSA) is 61.4 Å². The minimum atomic E-state index is -0.0240. The molecule has 2 N–H and O–H groups in total. The van der Waals surface area contributed by atoms with Crippen LogP contribution in [0.4, 0.5) is 0 Å². The van der Waals surface area contributed by atoms with Crippen LogP contribution < -0.4 is 10.6 Å². The van der Waals surface area contributed by atoms with E-state index in [1.807, 2.05) is 4.90 Å². The van der Waals surface area contributed by atoms with Crippen molar-refractivity contribution in [1.29, 1.82) is 0 Å². The van der Waals surface area contributed by atoms with Gasteiger partial charge in [-0.05, 0) is 25.7 Å². The molecule has 2 aliphatic rings. The van der Waals surface area contributed by atoms with Gasteiger partial charge in [0.1, 0.15) is 0 Å². The molecule has 0 bridgehead atoms. The average molecular weight is 253 g/mol. The number of hydrogen-bond acceptors (Lipinski definition) is 3. The molecule has 2 fully saturated rings. The fourth-order valence-electron chi connectivity index (χ4n) is 2.45. The summed E-state index contributed by atoms with van der Waals surface area (Å²) in [5.74, 6) is 0.212. The Hall–Kier alpha value is -1.10. The molecule has 5 heteroatoms. The van der Waals surface area contributed by atoms with Gasteiger partial charge < -0.3 is 15.5 Å². The van der Waals surface area contributed by atoms with E-state index in [4.69, 9.17) is 0 Å². The molecule has 0 spiro atoms. The molecule has 1 unspecified atom stereocenters. The fourth-order valence-corrected chi connectivity index (χ4v) is 2.45. The normalized spacial score (nSPS) is 23.8. The summed E-state index contributed by atoms with van der Waals surface area (Å²) >= 11 is 0. The lowest BCUT2D eigenvalue weighted by Gasteiger charge is -2.32. The van der Waals surface area contributed by atoms with E-state index in [2.05, 4.69) is 10.6 Å². The van der Waals surface area contributed by atoms with Crippen molar-refractivity contribution in [3.8, 4) is 0 Å². The molecule has 1 atom stereocenters. The molecule has 102 valence electrons. The zero-order valence-corrected chi connectivity index (χ0v) is 11.1. The van der Waals surface area contributed by atoms with Crippen LogP contribution >= 0.6 is 0 Å². The Labute approximate surface area is 108 Å². The monoisotopic (exact) mass is 253 g/mol. The van der Waals surface area contributed by atoms with Gasteiger partial charge in [0.25, 0.3) is 0 Å². The molecule has 1 aliphatic carbocycles. The van der Waals surface area contributed by atoms with Gasteiger partial charge in [-0.3, -0.25) is 9.59 Å². The highest BCUT2D eigenvalue weighted by Gasteiger charge is 2.27. The molecule has 2 amide bonds. The Morgan fingerprint density at radius 3 is 2.72 bits per heavy atom. The average Bonchev–Trinajstić information content (AvgIpc) is 3.22. The highest BCUT2D eigenvalue weighted by Crippen LogP contribution is 2.19. The number of hydrogen-bond donors (Lipinski definition) is 2. The van der Waals surface area contributed by atoms with Crippen LogP contribution in [0.1, 0.15) is 32.1 Å². The second-order valence-corrected chi connectivity index (χ2v) is 5.27. The standard InChI is InChI=1S/C13H23N3O2/c1-14-13(18)10-3-2-8-16(9-10)12(17)6-7-15-11-4-5-11/h10-11,15H,2-9H2,1H3,(H,14,18). The number of carbonyl (C=O) groups excluding carboxylic acids is 2. The summed E-state index contributed by atoms with van der Waals surface area (Å²) in [7, 11) is 1.66. The fraction of sp³-hybridized carbons (Fsp3) is 0.846. The number of amides is 2. The lowest BCUT2D eigenvalue weighted by Crippen LogP contribution is -2.45. The van der Waals surface area contributed by atoms with Crippen LogP contribution in [0.2, 0.25) is 0 Å². The maximum atomic E-state index is 12.0. The van der Waals surface area contributed by atoms with Crippen molar-refractivity contribution < 1.29 is 9.59 Å². The van der Waals surface area contributed by atoms with E-state index in [-0.39, 0.29) is 17.7 Å². The van der Waals surface area contributed by atoms with E-state index in [0.29, 0.717) is 19.0 Å². The maximum absolute atomic E-state index is 12.0. The molecular formula is C13H23N3O2. The van der Waals surface area contributed by atoms with E-state index >= 15 is 0 Å². The van der Waals surface area contributed by atoms with E-state index in [1.54, 1.807) is 7.05 Å². The molecule has 0 aromatic rings. The van der Waals surface area contributed by atoms with Gasteiger partial charge in [-0.25, -0.2) is 0 Å². The van der Waals surface area contributed by atoms with E-state index in [9.17, 15) is 9.59 Å². The molecule has 5 nitrogen and oxygen atoms in total. The van der Waals surface area contributed by atoms with Gasteiger partial charge in [0.05, 0.1) is 5.92 Å². The second-order valence-electron chi connectivity index (χ2n) is 5.27. The van der Waals surface area contributed by atoms with E-state index < -0.39 is 0 Å². The predicted molar refractivity (Wildman–Crippen MR) is 69.0 cm³/mol. The van der Waals surface area contributed by atoms with Crippen molar-refractivity contribution in [1.82, 2.24) is 15.5 Å². The minimum absolute atomic E-state index is 0.0240. The number of carbonyl (C=O) groups is 2. The summed E-state index contributed by atoms with van der Waals surface area (Å²) in [6.45, 7) is 2.16. The third-order valence-electron chi connectivity index (χ3n) is 3.74. The number of rotatable bonds is 5. The highest BCUT2D eigenvalue weighted by atomic mass is 16.2. The summed E-state index contributed by atoms with van der Waals surface area (Å²) in [6, 6.07) is 0.651. The van der Waals surface area contributed by atoms with Crippen molar-refractivity contribution in [3.63, 3.8) is 0 Å². The van der Waals surface area contributed by atoms with Crippen LogP contribution in [0.15, 0.2) is 0 Å². The van der Waals surface area contributed by atoms with Crippen molar-refractivity contribution in [2.24, 2.45) is 5.92 Å². The van der Waals surface area contributed by atoms with Gasteiger partial charge in [0.15, 0.2) is 0 Å². The number of piperidine rings is 1. The minimum Gasteiger partial charge on any atom is -0.359 e. The lowest BCUT2D eigenvalue weighted by atomic mass is 9.97. The Morgan fingerprint density at radius 2 is 2.06 bits per heavy atom. The predicted octanol–water partition coefficient (Wildman–Crippen LogP) is 0.113. The number of likely N-dealkylation sites (tertiary alicyclic amines) is 1. The van der Waals surface area contributed by atoms with Crippen LogP contribution in [0, 0.1) is 5.92 Å². The quantitative estimate of drug-likeness (QED) is 0.731. The van der Waals surface area contributed by atoms with Crippen molar-refractivity contribution in [2.45, 2.75) is 38.1 Å². The molecule has 18 heavy (non-hydrogen) atoms. The number of nitrogens with zero attached hydrogens (tertiary/aromatic N) is 1. The van der Waals surface area contributed by atoms with E-state index in [0.717, 1.165) is 25.9 Å². The first-order chi connectivity index (χ1) is 8.70. The van der Waals surface area contributed by atoms with Crippen LogP contribution in [0.25, 0.3) is 0 Å². The van der Waals surface area contributed by atoms with Gasteiger partial charge in [0.2, 0.25) is 11.8 Å². The summed E-state index contributed by atoms with van der Waals surface area (Å²) in [5, 5.41) is 6.02. The first-order valence-electron chi connectivity index (χ1n) is 6.93. The molecule has 0 aromatic carbocycles. The molecule has 1 saturated carbocycles. The molecule has 0 radical (unpaired) electrons. The Balaban J connectivity index is 1.72. The third-order valence-corrected chi connectivity index (χ3v) is 3.74. The van der Waals surface area contributed by atoms with E-state index in [1.165, 1.54) is 12.8 Å². The zero-order chi connectivity index (χ0) is 13.0.